The van der Waals surface area contributed by atoms with Gasteiger partial charge >= 0.3 is 5.97 Å². The number of hydrogen-bond acceptors (Lipinski definition) is 6. The second kappa shape index (κ2) is 8.96. The maximum absolute atomic E-state index is 14.0. The number of anilines is 1. The molecule has 7 nitrogen and oxygen atoms in total. The van der Waals surface area contributed by atoms with E-state index in [1.165, 1.54) is 4.57 Å². The van der Waals surface area contributed by atoms with Crippen molar-refractivity contribution >= 4 is 34.5 Å². The molecule has 2 aromatic carbocycles. The van der Waals surface area contributed by atoms with E-state index in [9.17, 15) is 14.4 Å². The monoisotopic (exact) mass is 485 g/mol. The van der Waals surface area contributed by atoms with Crippen LogP contribution in [0.4, 0.5) is 5.69 Å². The van der Waals surface area contributed by atoms with Crippen molar-refractivity contribution in [2.24, 2.45) is 4.99 Å². The largest absolute Gasteiger partial charge is 0.463 e. The van der Waals surface area contributed by atoms with Gasteiger partial charge in [0, 0.05) is 12.1 Å². The third-order valence-electron chi connectivity index (χ3n) is 6.07. The third-order valence-corrected chi connectivity index (χ3v) is 7.12. The first-order valence-corrected chi connectivity index (χ1v) is 12.1. The van der Waals surface area contributed by atoms with Crippen LogP contribution in [0.2, 0.25) is 0 Å². The van der Waals surface area contributed by atoms with Crippen LogP contribution in [0.15, 0.2) is 88.3 Å². The van der Waals surface area contributed by atoms with Crippen LogP contribution in [0.5, 0.6) is 0 Å². The van der Waals surface area contributed by atoms with Gasteiger partial charge in [-0.25, -0.2) is 9.79 Å². The summed E-state index contributed by atoms with van der Waals surface area (Å²) in [6, 6.07) is 16.0. The van der Waals surface area contributed by atoms with Crippen molar-refractivity contribution < 1.29 is 14.3 Å². The summed E-state index contributed by atoms with van der Waals surface area (Å²) >= 11 is 1.16. The number of amides is 1. The van der Waals surface area contributed by atoms with Crippen molar-refractivity contribution in [1.29, 1.82) is 0 Å². The van der Waals surface area contributed by atoms with Gasteiger partial charge in [0.2, 0.25) is 0 Å². The molecule has 5 rings (SSSR count). The minimum Gasteiger partial charge on any atom is -0.463 e. The van der Waals surface area contributed by atoms with Crippen LogP contribution in [0.1, 0.15) is 31.0 Å². The Morgan fingerprint density at radius 1 is 1.14 bits per heavy atom. The lowest BCUT2D eigenvalue weighted by Gasteiger charge is -2.24. The van der Waals surface area contributed by atoms with Crippen LogP contribution in [0.3, 0.4) is 0 Å². The Kier molecular flexibility index (Phi) is 5.82. The number of rotatable bonds is 5. The summed E-state index contributed by atoms with van der Waals surface area (Å²) in [7, 11) is 0. The fraction of sp³-hybridized carbons (Fsp3) is 0.185. The molecule has 2 aliphatic heterocycles. The number of carbonyl (C=O) groups excluding carboxylic acids is 2. The van der Waals surface area contributed by atoms with E-state index >= 15 is 0 Å². The number of fused-ring (bicyclic) bond motifs is 2. The van der Waals surface area contributed by atoms with E-state index in [2.05, 4.69) is 11.6 Å². The van der Waals surface area contributed by atoms with E-state index in [1.807, 2.05) is 54.6 Å². The highest BCUT2D eigenvalue weighted by molar-refractivity contribution is 7.07. The minimum absolute atomic E-state index is 0.204. The zero-order valence-electron chi connectivity index (χ0n) is 19.4. The molecule has 0 saturated carbocycles. The number of allylic oxidation sites excluding steroid dienone is 1. The molecule has 3 heterocycles. The molecule has 0 unspecified atom stereocenters. The highest BCUT2D eigenvalue weighted by atomic mass is 32.1. The molecular formula is C27H23N3O4S. The summed E-state index contributed by atoms with van der Waals surface area (Å²) in [6.45, 7) is 7.77. The van der Waals surface area contributed by atoms with Crippen molar-refractivity contribution in [1.82, 2.24) is 4.57 Å². The van der Waals surface area contributed by atoms with Crippen LogP contribution < -0.4 is 19.8 Å². The van der Waals surface area contributed by atoms with Gasteiger partial charge in [0.05, 0.1) is 35.2 Å². The average molecular weight is 486 g/mol. The zero-order valence-corrected chi connectivity index (χ0v) is 20.2. The molecule has 1 atom stereocenters. The number of aromatic nitrogens is 1. The van der Waals surface area contributed by atoms with E-state index in [1.54, 1.807) is 24.8 Å². The average Bonchev–Trinajstić information content (AvgIpc) is 3.32. The Morgan fingerprint density at radius 3 is 2.57 bits per heavy atom. The standard InChI is InChI=1S/C27H23N3O4S/c1-4-15-29-19-14-10-9-13-18(19)21(24(29)31)23-25(32)30-22(17-11-7-6-8-12-17)20(26(33)34-5-2)16(3)28-27(30)35-23/h4,6-14,22H,1,5,15H2,2-3H3/b23-21+/t22-/m1/s1. The van der Waals surface area contributed by atoms with Gasteiger partial charge in [-0.3, -0.25) is 14.2 Å². The van der Waals surface area contributed by atoms with Crippen LogP contribution in [-0.2, 0) is 14.3 Å². The summed E-state index contributed by atoms with van der Waals surface area (Å²) < 4.78 is 7.13. The smallest absolute Gasteiger partial charge is 0.338 e. The van der Waals surface area contributed by atoms with Crippen LogP contribution in [-0.4, -0.2) is 29.6 Å². The second-order valence-corrected chi connectivity index (χ2v) is 9.11. The molecule has 176 valence electrons. The number of carbonyl (C=O) groups is 2. The van der Waals surface area contributed by atoms with E-state index < -0.39 is 12.0 Å². The Hall–Kier alpha value is -4.04. The number of para-hydroxylation sites is 1. The highest BCUT2D eigenvalue weighted by Gasteiger charge is 2.36. The molecule has 0 aliphatic carbocycles. The molecule has 0 N–H and O–H groups in total. The molecule has 35 heavy (non-hydrogen) atoms. The van der Waals surface area contributed by atoms with Gasteiger partial charge in [0.1, 0.15) is 4.53 Å². The van der Waals surface area contributed by atoms with Crippen molar-refractivity contribution in [2.75, 3.05) is 18.1 Å². The van der Waals surface area contributed by atoms with E-state index in [-0.39, 0.29) is 18.1 Å². The second-order valence-electron chi connectivity index (χ2n) is 8.13. The maximum atomic E-state index is 14.0. The molecule has 3 aromatic rings. The summed E-state index contributed by atoms with van der Waals surface area (Å²) in [6.07, 6.45) is 1.66. The first kappa shape index (κ1) is 22.7. The van der Waals surface area contributed by atoms with Crippen molar-refractivity contribution in [3.05, 3.63) is 109 Å². The van der Waals surface area contributed by atoms with Gasteiger partial charge in [0.15, 0.2) is 4.80 Å². The van der Waals surface area contributed by atoms with Gasteiger partial charge in [0.25, 0.3) is 11.5 Å². The Morgan fingerprint density at radius 2 is 1.86 bits per heavy atom. The maximum Gasteiger partial charge on any atom is 0.338 e. The van der Waals surface area contributed by atoms with Gasteiger partial charge in [-0.2, -0.15) is 0 Å². The van der Waals surface area contributed by atoms with Crippen molar-refractivity contribution in [3.8, 4) is 0 Å². The van der Waals surface area contributed by atoms with Gasteiger partial charge in [-0.05, 0) is 25.5 Å². The first-order valence-electron chi connectivity index (χ1n) is 11.3. The quantitative estimate of drug-likeness (QED) is 0.411. The highest BCUT2D eigenvalue weighted by Crippen LogP contribution is 2.35. The Balaban J connectivity index is 1.82. The molecule has 1 amide bonds. The van der Waals surface area contributed by atoms with Crippen molar-refractivity contribution in [2.45, 2.75) is 19.9 Å². The van der Waals surface area contributed by atoms with E-state index in [0.29, 0.717) is 38.3 Å². The summed E-state index contributed by atoms with van der Waals surface area (Å²) in [5, 5.41) is 0. The lowest BCUT2D eigenvalue weighted by Crippen LogP contribution is -2.41. The third kappa shape index (κ3) is 3.57. The SMILES string of the molecule is C=CCN1C(=O)/C(=c2/sc3n(c2=O)[C@H](c2ccccc2)C(C(=O)OCC)=C(C)N=3)c2ccccc21. The summed E-state index contributed by atoms with van der Waals surface area (Å²) in [4.78, 5) is 47.1. The molecule has 2 aliphatic rings. The number of ether oxygens (including phenoxy) is 1. The molecular weight excluding hydrogens is 462 g/mol. The molecule has 1 aromatic heterocycles. The van der Waals surface area contributed by atoms with Crippen LogP contribution in [0, 0.1) is 0 Å². The van der Waals surface area contributed by atoms with Crippen molar-refractivity contribution in [3.63, 3.8) is 0 Å². The normalized spacial score (nSPS) is 18.2. The Bertz CT molecular complexity index is 1580. The van der Waals surface area contributed by atoms with Gasteiger partial charge < -0.3 is 9.64 Å². The predicted octanol–water partition coefficient (Wildman–Crippen LogP) is 2.70. The lowest BCUT2D eigenvalue weighted by atomic mass is 9.96. The predicted molar refractivity (Wildman–Crippen MR) is 135 cm³/mol. The Labute approximate surface area is 205 Å². The molecule has 0 fully saturated rings. The molecule has 0 saturated heterocycles. The fourth-order valence-corrected chi connectivity index (χ4v) is 5.74. The number of thiazole rings is 1. The summed E-state index contributed by atoms with van der Waals surface area (Å²) in [5.41, 5.74) is 2.97. The van der Waals surface area contributed by atoms with Crippen LogP contribution in [0.25, 0.3) is 5.57 Å². The molecule has 0 bridgehead atoms. The van der Waals surface area contributed by atoms with Gasteiger partial charge in [-0.15, -0.1) is 6.58 Å². The van der Waals surface area contributed by atoms with Crippen LogP contribution >= 0.6 is 11.3 Å². The van der Waals surface area contributed by atoms with E-state index in [4.69, 9.17) is 4.74 Å². The topological polar surface area (TPSA) is 81.0 Å². The van der Waals surface area contributed by atoms with Gasteiger partial charge in [-0.1, -0.05) is 65.9 Å². The first-order chi connectivity index (χ1) is 17.0. The molecule has 0 spiro atoms. The summed E-state index contributed by atoms with van der Waals surface area (Å²) in [5.74, 6) is -0.769. The number of benzene rings is 2. The zero-order chi connectivity index (χ0) is 24.7. The molecule has 8 heteroatoms. The number of hydrogen-bond donors (Lipinski definition) is 0. The lowest BCUT2D eigenvalue weighted by molar-refractivity contribution is -0.139. The number of nitrogens with zero attached hydrogens (tertiary/aromatic N) is 3. The van der Waals surface area contributed by atoms with E-state index in [0.717, 1.165) is 22.6 Å². The fourth-order valence-electron chi connectivity index (χ4n) is 4.60. The number of esters is 1. The minimum atomic E-state index is -0.711. The molecule has 0 radical (unpaired) electrons.